The van der Waals surface area contributed by atoms with Crippen molar-refractivity contribution >= 4 is 0 Å². The van der Waals surface area contributed by atoms with Gasteiger partial charge in [-0.2, -0.15) is 0 Å². The van der Waals surface area contributed by atoms with Crippen LogP contribution in [0.25, 0.3) is 5.32 Å². The number of nitrogens with zero attached hydrogens (tertiary/aromatic N) is 1. The fourth-order valence-electron chi connectivity index (χ4n) is 1.82. The minimum atomic E-state index is 0. The predicted molar refractivity (Wildman–Crippen MR) is 49.9 cm³/mol. The first kappa shape index (κ1) is 13.6. The monoisotopic (exact) mass is 193 g/mol. The van der Waals surface area contributed by atoms with E-state index in [1.165, 1.54) is 19.3 Å². The summed E-state index contributed by atoms with van der Waals surface area (Å²) in [6.07, 6.45) is 3.94. The normalized spacial score (nSPS) is 20.2. The van der Waals surface area contributed by atoms with Gasteiger partial charge in [0.05, 0.1) is 0 Å². The second-order valence-corrected chi connectivity index (χ2v) is 4.29. The Morgan fingerprint density at radius 1 is 1.25 bits per heavy atom. The first-order valence-corrected chi connectivity index (χ1v) is 4.80. The van der Waals surface area contributed by atoms with Crippen molar-refractivity contribution in [2.45, 2.75) is 40.0 Å². The third kappa shape index (κ3) is 3.77. The summed E-state index contributed by atoms with van der Waals surface area (Å²) in [5, 5.41) is 4.38. The molecule has 2 heteroatoms. The summed E-state index contributed by atoms with van der Waals surface area (Å²) in [4.78, 5) is 0. The first-order valence-electron chi connectivity index (χ1n) is 4.80. The predicted octanol–water partition coefficient (Wildman–Crippen LogP) is 0.210. The van der Waals surface area contributed by atoms with Gasteiger partial charge in [-0.1, -0.05) is 40.0 Å². The molecule has 1 rings (SSSR count). The average molecular weight is 193 g/mol. The zero-order valence-corrected chi connectivity index (χ0v) is 12.2. The fourth-order valence-corrected chi connectivity index (χ4v) is 1.82. The van der Waals surface area contributed by atoms with Crippen LogP contribution in [0.15, 0.2) is 0 Å². The molecule has 12 heavy (non-hydrogen) atoms. The largest absolute Gasteiger partial charge is 1.00 e. The van der Waals surface area contributed by atoms with Gasteiger partial charge in [0.25, 0.3) is 0 Å². The van der Waals surface area contributed by atoms with Crippen molar-refractivity contribution < 1.29 is 51.4 Å². The third-order valence-corrected chi connectivity index (χ3v) is 3.29. The van der Waals surface area contributed by atoms with Crippen molar-refractivity contribution in [3.8, 4) is 0 Å². The maximum Gasteiger partial charge on any atom is 1.00 e. The van der Waals surface area contributed by atoms with Crippen LogP contribution in [0.1, 0.15) is 40.0 Å². The minimum absolute atomic E-state index is 0. The van der Waals surface area contributed by atoms with E-state index in [2.05, 4.69) is 26.1 Å². The van der Waals surface area contributed by atoms with Crippen molar-refractivity contribution in [2.24, 2.45) is 11.3 Å². The van der Waals surface area contributed by atoms with E-state index in [1.54, 1.807) is 0 Å². The van der Waals surface area contributed by atoms with Gasteiger partial charge in [0.15, 0.2) is 0 Å². The van der Waals surface area contributed by atoms with Crippen molar-refractivity contribution in [3.63, 3.8) is 0 Å². The van der Waals surface area contributed by atoms with E-state index in [0.29, 0.717) is 5.41 Å². The van der Waals surface area contributed by atoms with Gasteiger partial charge in [0, 0.05) is 0 Å². The van der Waals surface area contributed by atoms with Crippen LogP contribution in [-0.4, -0.2) is 13.1 Å². The molecule has 1 aliphatic rings. The minimum Gasteiger partial charge on any atom is -0.662 e. The second-order valence-electron chi connectivity index (χ2n) is 4.29. The van der Waals surface area contributed by atoms with Crippen LogP contribution in [0.5, 0.6) is 0 Å². The Hall–Kier alpha value is 1.60. The average Bonchev–Trinajstić information content (AvgIpc) is 2.06. The molecule has 0 N–H and O–H groups in total. The van der Waals surface area contributed by atoms with Crippen LogP contribution < -0.4 is 51.4 Å². The summed E-state index contributed by atoms with van der Waals surface area (Å²) in [7, 11) is 0. The molecule has 0 radical (unpaired) electrons. The zero-order chi connectivity index (χ0) is 8.32. The smallest absolute Gasteiger partial charge is 0.662 e. The van der Waals surface area contributed by atoms with E-state index in [9.17, 15) is 0 Å². The Balaban J connectivity index is 0.00000121. The molecule has 1 fully saturated rings. The molecular weight excluding hydrogens is 173 g/mol. The third-order valence-electron chi connectivity index (χ3n) is 3.29. The molecule has 1 nitrogen and oxygen atoms in total. The Morgan fingerprint density at radius 3 is 2.17 bits per heavy atom. The van der Waals surface area contributed by atoms with Gasteiger partial charge >= 0.3 is 51.4 Å². The number of hydrogen-bond acceptors (Lipinski definition) is 0. The standard InChI is InChI=1S/C10H20N.K/c1-4-10(2,3)9-5-7-11-8-6-9;/h9H,4-8H2,1-3H3;/q-1;+1. The molecule has 0 spiro atoms. The van der Waals surface area contributed by atoms with Gasteiger partial charge in [0.2, 0.25) is 0 Å². The van der Waals surface area contributed by atoms with Crippen molar-refractivity contribution in [2.75, 3.05) is 13.1 Å². The Kier molecular flexibility index (Phi) is 6.97. The summed E-state index contributed by atoms with van der Waals surface area (Å²) in [5.74, 6) is 0.921. The molecule has 0 bridgehead atoms. The first-order chi connectivity index (χ1) is 5.17. The molecule has 0 atom stereocenters. The van der Waals surface area contributed by atoms with Crippen molar-refractivity contribution in [3.05, 3.63) is 5.32 Å². The summed E-state index contributed by atoms with van der Waals surface area (Å²) in [6.45, 7) is 9.29. The molecular formula is C10H20KN. The number of rotatable bonds is 2. The topological polar surface area (TPSA) is 14.1 Å². The van der Waals surface area contributed by atoms with E-state index in [1.807, 2.05) is 0 Å². The van der Waals surface area contributed by atoms with E-state index < -0.39 is 0 Å². The second kappa shape index (κ2) is 6.15. The molecule has 0 aromatic heterocycles. The summed E-state index contributed by atoms with van der Waals surface area (Å²) in [5.41, 5.74) is 0.552. The maximum atomic E-state index is 4.38. The van der Waals surface area contributed by atoms with E-state index in [-0.39, 0.29) is 51.4 Å². The van der Waals surface area contributed by atoms with Gasteiger partial charge in [-0.3, -0.25) is 0 Å². The molecule has 0 aromatic rings. The summed E-state index contributed by atoms with van der Waals surface area (Å²) < 4.78 is 0. The van der Waals surface area contributed by atoms with Gasteiger partial charge in [-0.25, -0.2) is 0 Å². The molecule has 66 valence electrons. The zero-order valence-electron chi connectivity index (χ0n) is 9.06. The Bertz CT molecular complexity index is 117. The molecule has 1 saturated heterocycles. The SMILES string of the molecule is CCC(C)(C)C1CC[N-]CC1.[K+]. The van der Waals surface area contributed by atoms with Crippen molar-refractivity contribution in [1.29, 1.82) is 0 Å². The molecule has 0 unspecified atom stereocenters. The number of hydrogen-bond donors (Lipinski definition) is 0. The Labute approximate surface area is 119 Å². The van der Waals surface area contributed by atoms with Crippen LogP contribution in [-0.2, 0) is 0 Å². The van der Waals surface area contributed by atoms with Gasteiger partial charge in [0.1, 0.15) is 0 Å². The quantitative estimate of drug-likeness (QED) is 0.557. The van der Waals surface area contributed by atoms with Crippen LogP contribution in [0.2, 0.25) is 0 Å². The van der Waals surface area contributed by atoms with Crippen LogP contribution in [0.3, 0.4) is 0 Å². The van der Waals surface area contributed by atoms with Gasteiger partial charge in [-0.05, 0) is 11.3 Å². The summed E-state index contributed by atoms with van der Waals surface area (Å²) >= 11 is 0. The maximum absolute atomic E-state index is 4.38. The Morgan fingerprint density at radius 2 is 1.75 bits per heavy atom. The van der Waals surface area contributed by atoms with E-state index in [4.69, 9.17) is 0 Å². The van der Waals surface area contributed by atoms with Gasteiger partial charge < -0.3 is 5.32 Å². The van der Waals surface area contributed by atoms with E-state index >= 15 is 0 Å². The summed E-state index contributed by atoms with van der Waals surface area (Å²) in [6, 6.07) is 0. The van der Waals surface area contributed by atoms with Crippen molar-refractivity contribution in [1.82, 2.24) is 0 Å². The molecule has 1 heterocycles. The van der Waals surface area contributed by atoms with Crippen LogP contribution in [0.4, 0.5) is 0 Å². The molecule has 1 aliphatic heterocycles. The molecule has 0 aromatic carbocycles. The van der Waals surface area contributed by atoms with Crippen LogP contribution >= 0.6 is 0 Å². The van der Waals surface area contributed by atoms with E-state index in [0.717, 1.165) is 19.0 Å². The molecule has 0 amide bonds. The molecule has 0 saturated carbocycles. The fraction of sp³-hybridized carbons (Fsp3) is 1.00. The number of piperidine rings is 1. The van der Waals surface area contributed by atoms with Crippen LogP contribution in [0, 0.1) is 11.3 Å². The molecule has 0 aliphatic carbocycles. The van der Waals surface area contributed by atoms with Gasteiger partial charge in [-0.15, -0.1) is 13.1 Å².